The largest absolute Gasteiger partial charge is 0.497 e. The van der Waals surface area contributed by atoms with Crippen LogP contribution in [0.5, 0.6) is 5.75 Å². The smallest absolute Gasteiger partial charge is 0.265 e. The van der Waals surface area contributed by atoms with Gasteiger partial charge in [-0.25, -0.2) is 0 Å². The van der Waals surface area contributed by atoms with Crippen molar-refractivity contribution in [2.75, 3.05) is 45.7 Å². The van der Waals surface area contributed by atoms with Gasteiger partial charge in [-0.3, -0.25) is 9.69 Å². The number of hydrogen-bond donors (Lipinski definition) is 2. The summed E-state index contributed by atoms with van der Waals surface area (Å²) in [5.74, 6) is 1.03. The molecular weight excluding hydrogens is 396 g/mol. The Labute approximate surface area is 174 Å². The van der Waals surface area contributed by atoms with Crippen LogP contribution in [-0.4, -0.2) is 55.3 Å². The lowest BCUT2D eigenvalue weighted by atomic mass is 10.2. The Kier molecular flexibility index (Phi) is 7.43. The molecule has 2 aromatic rings. The van der Waals surface area contributed by atoms with Gasteiger partial charge in [0.15, 0.2) is 3.95 Å². The molecular formula is C19H26N4O3S2. The quantitative estimate of drug-likeness (QED) is 0.636. The van der Waals surface area contributed by atoms with Crippen molar-refractivity contribution in [3.8, 4) is 5.75 Å². The van der Waals surface area contributed by atoms with Crippen molar-refractivity contribution < 1.29 is 14.3 Å². The molecule has 28 heavy (non-hydrogen) atoms. The number of carbonyl (C=O) groups excluding carboxylic acids is 1. The van der Waals surface area contributed by atoms with Gasteiger partial charge in [-0.1, -0.05) is 23.5 Å². The molecule has 1 fully saturated rings. The van der Waals surface area contributed by atoms with E-state index in [4.69, 9.17) is 27.4 Å². The first-order chi connectivity index (χ1) is 13.6. The summed E-state index contributed by atoms with van der Waals surface area (Å²) in [7, 11) is 1.62. The number of benzene rings is 1. The Morgan fingerprint density at radius 3 is 2.68 bits per heavy atom. The van der Waals surface area contributed by atoms with Crippen LogP contribution >= 0.6 is 23.6 Å². The van der Waals surface area contributed by atoms with Gasteiger partial charge in [-0.05, 0) is 36.3 Å². The fourth-order valence-corrected chi connectivity index (χ4v) is 4.37. The number of morpholine rings is 1. The lowest BCUT2D eigenvalue weighted by molar-refractivity contribution is 0.0369. The van der Waals surface area contributed by atoms with E-state index in [1.54, 1.807) is 7.11 Å². The summed E-state index contributed by atoms with van der Waals surface area (Å²) in [5, 5.41) is 2.91. The number of hydrogen-bond acceptors (Lipinski definition) is 7. The van der Waals surface area contributed by atoms with Crippen LogP contribution in [0.3, 0.4) is 0 Å². The van der Waals surface area contributed by atoms with Crippen LogP contribution in [-0.2, 0) is 17.8 Å². The normalized spacial score (nSPS) is 14.8. The second kappa shape index (κ2) is 10.0. The van der Waals surface area contributed by atoms with E-state index in [2.05, 4.69) is 10.2 Å². The van der Waals surface area contributed by atoms with Crippen LogP contribution < -0.4 is 15.8 Å². The number of nitrogens with zero attached hydrogens (tertiary/aromatic N) is 2. The highest BCUT2D eigenvalue weighted by Gasteiger charge is 2.17. The molecule has 1 aliphatic heterocycles. The SMILES string of the molecule is COc1ccc(CNC(=O)c2sc(=S)n(CCCN3CCOCC3)c2N)cc1. The van der Waals surface area contributed by atoms with E-state index in [9.17, 15) is 4.79 Å². The fourth-order valence-electron chi connectivity index (χ4n) is 3.07. The lowest BCUT2D eigenvalue weighted by Gasteiger charge is -2.26. The van der Waals surface area contributed by atoms with E-state index < -0.39 is 0 Å². The molecule has 1 aromatic carbocycles. The van der Waals surface area contributed by atoms with Crippen molar-refractivity contribution >= 4 is 35.3 Å². The first-order valence-corrected chi connectivity index (χ1v) is 10.5. The highest BCUT2D eigenvalue weighted by molar-refractivity contribution is 7.73. The molecule has 1 amide bonds. The minimum absolute atomic E-state index is 0.198. The maximum Gasteiger partial charge on any atom is 0.265 e. The first-order valence-electron chi connectivity index (χ1n) is 9.29. The summed E-state index contributed by atoms with van der Waals surface area (Å²) < 4.78 is 13.0. The molecule has 0 bridgehead atoms. The topological polar surface area (TPSA) is 81.8 Å². The summed E-state index contributed by atoms with van der Waals surface area (Å²) in [6.07, 6.45) is 0.933. The minimum atomic E-state index is -0.198. The Hall–Kier alpha value is -1.94. The molecule has 152 valence electrons. The molecule has 2 heterocycles. The number of amides is 1. The molecule has 1 aromatic heterocycles. The third kappa shape index (κ3) is 5.32. The van der Waals surface area contributed by atoms with Gasteiger partial charge in [0.1, 0.15) is 16.4 Å². The average Bonchev–Trinajstić information content (AvgIpc) is 3.01. The number of ether oxygens (including phenoxy) is 2. The van der Waals surface area contributed by atoms with Gasteiger partial charge in [0.05, 0.1) is 20.3 Å². The number of anilines is 1. The summed E-state index contributed by atoms with van der Waals surface area (Å²) in [6.45, 7) is 5.61. The van der Waals surface area contributed by atoms with E-state index in [1.807, 2.05) is 28.8 Å². The molecule has 1 saturated heterocycles. The Morgan fingerprint density at radius 1 is 1.29 bits per heavy atom. The van der Waals surface area contributed by atoms with Crippen molar-refractivity contribution in [2.45, 2.75) is 19.5 Å². The van der Waals surface area contributed by atoms with Crippen LogP contribution in [0.25, 0.3) is 0 Å². The van der Waals surface area contributed by atoms with Crippen LogP contribution in [0.15, 0.2) is 24.3 Å². The second-order valence-electron chi connectivity index (χ2n) is 6.57. The van der Waals surface area contributed by atoms with Crippen molar-refractivity contribution in [1.29, 1.82) is 0 Å². The molecule has 0 aliphatic carbocycles. The molecule has 0 unspecified atom stereocenters. The van der Waals surface area contributed by atoms with Gasteiger partial charge in [0, 0.05) is 32.7 Å². The van der Waals surface area contributed by atoms with E-state index in [-0.39, 0.29) is 5.91 Å². The third-order valence-corrected chi connectivity index (χ3v) is 6.18. The number of thiazole rings is 1. The molecule has 0 spiro atoms. The zero-order valence-corrected chi connectivity index (χ0v) is 17.6. The first kappa shape index (κ1) is 20.8. The number of carbonyl (C=O) groups is 1. The van der Waals surface area contributed by atoms with Gasteiger partial charge in [-0.2, -0.15) is 0 Å². The maximum atomic E-state index is 12.6. The molecule has 0 radical (unpaired) electrons. The van der Waals surface area contributed by atoms with Crippen molar-refractivity contribution in [3.63, 3.8) is 0 Å². The zero-order valence-electron chi connectivity index (χ0n) is 16.0. The molecule has 1 aliphatic rings. The number of nitrogens with two attached hydrogens (primary N) is 1. The van der Waals surface area contributed by atoms with Crippen LogP contribution in [0, 0.1) is 3.95 Å². The van der Waals surface area contributed by atoms with E-state index >= 15 is 0 Å². The predicted octanol–water partition coefficient (Wildman–Crippen LogP) is 2.52. The Bertz CT molecular complexity index is 842. The fraction of sp³-hybridized carbons (Fsp3) is 0.474. The second-order valence-corrected chi connectivity index (χ2v) is 8.22. The zero-order chi connectivity index (χ0) is 19.9. The Balaban J connectivity index is 1.55. The molecule has 0 atom stereocenters. The van der Waals surface area contributed by atoms with Gasteiger partial charge in [0.2, 0.25) is 0 Å². The van der Waals surface area contributed by atoms with Gasteiger partial charge in [-0.15, -0.1) is 0 Å². The molecule has 3 N–H and O–H groups in total. The highest BCUT2D eigenvalue weighted by atomic mass is 32.1. The monoisotopic (exact) mass is 422 g/mol. The minimum Gasteiger partial charge on any atom is -0.497 e. The average molecular weight is 423 g/mol. The number of aromatic nitrogens is 1. The number of methoxy groups -OCH3 is 1. The number of nitrogens with one attached hydrogen (secondary N) is 1. The highest BCUT2D eigenvalue weighted by Crippen LogP contribution is 2.23. The molecule has 9 heteroatoms. The van der Waals surface area contributed by atoms with Crippen LogP contribution in [0.2, 0.25) is 0 Å². The van der Waals surface area contributed by atoms with E-state index in [0.717, 1.165) is 50.6 Å². The van der Waals surface area contributed by atoms with Crippen molar-refractivity contribution in [3.05, 3.63) is 38.7 Å². The standard InChI is InChI=1S/C19H26N4O3S2/c1-25-15-5-3-14(4-6-15)13-21-18(24)16-17(20)23(19(27)28-16)8-2-7-22-9-11-26-12-10-22/h3-6H,2,7-13,20H2,1H3,(H,21,24). The lowest BCUT2D eigenvalue weighted by Crippen LogP contribution is -2.37. The molecule has 3 rings (SSSR count). The number of nitrogen functional groups attached to an aromatic ring is 1. The molecule has 0 saturated carbocycles. The maximum absolute atomic E-state index is 12.6. The predicted molar refractivity (Wildman–Crippen MR) is 114 cm³/mol. The van der Waals surface area contributed by atoms with Crippen LogP contribution in [0.1, 0.15) is 21.7 Å². The van der Waals surface area contributed by atoms with Gasteiger partial charge < -0.3 is 25.1 Å². The summed E-state index contributed by atoms with van der Waals surface area (Å²) in [4.78, 5) is 15.4. The van der Waals surface area contributed by atoms with Gasteiger partial charge in [0.25, 0.3) is 5.91 Å². The summed E-state index contributed by atoms with van der Waals surface area (Å²) in [5.41, 5.74) is 7.21. The summed E-state index contributed by atoms with van der Waals surface area (Å²) >= 11 is 6.69. The van der Waals surface area contributed by atoms with Crippen molar-refractivity contribution in [2.24, 2.45) is 0 Å². The van der Waals surface area contributed by atoms with Crippen LogP contribution in [0.4, 0.5) is 5.82 Å². The van der Waals surface area contributed by atoms with E-state index in [0.29, 0.717) is 27.7 Å². The third-order valence-electron chi connectivity index (χ3n) is 4.71. The van der Waals surface area contributed by atoms with E-state index in [1.165, 1.54) is 11.3 Å². The van der Waals surface area contributed by atoms with Crippen molar-refractivity contribution in [1.82, 2.24) is 14.8 Å². The number of rotatable bonds is 8. The molecule has 7 nitrogen and oxygen atoms in total. The van der Waals surface area contributed by atoms with Gasteiger partial charge >= 0.3 is 0 Å². The Morgan fingerprint density at radius 2 is 2.00 bits per heavy atom. The summed E-state index contributed by atoms with van der Waals surface area (Å²) in [6, 6.07) is 7.57.